The first kappa shape index (κ1) is 13.4. The van der Waals surface area contributed by atoms with E-state index in [1.807, 2.05) is 6.07 Å². The van der Waals surface area contributed by atoms with Crippen molar-refractivity contribution in [2.45, 2.75) is 50.2 Å². The van der Waals surface area contributed by atoms with Gasteiger partial charge in [0.05, 0.1) is 11.3 Å². The zero-order valence-corrected chi connectivity index (χ0v) is 12.5. The lowest BCUT2D eigenvalue weighted by Gasteiger charge is -2.39. The minimum Gasteiger partial charge on any atom is -0.379 e. The summed E-state index contributed by atoms with van der Waals surface area (Å²) in [6, 6.07) is 5.39. The highest BCUT2D eigenvalue weighted by Gasteiger charge is 2.40. The van der Waals surface area contributed by atoms with Gasteiger partial charge in [0.25, 0.3) is 0 Å². The summed E-state index contributed by atoms with van der Waals surface area (Å²) in [4.78, 5) is 0. The summed E-state index contributed by atoms with van der Waals surface area (Å²) in [6.45, 7) is 0.781. The maximum absolute atomic E-state index is 13.9. The largest absolute Gasteiger partial charge is 0.379 e. The first-order valence-corrected chi connectivity index (χ1v) is 7.82. The second-order valence-corrected chi connectivity index (χ2v) is 6.52. The predicted octanol–water partition coefficient (Wildman–Crippen LogP) is 4.49. The van der Waals surface area contributed by atoms with Crippen LogP contribution in [0.25, 0.3) is 0 Å². The summed E-state index contributed by atoms with van der Waals surface area (Å²) >= 11 is 3.42. The van der Waals surface area contributed by atoms with E-state index in [9.17, 15) is 4.39 Å². The molecule has 19 heavy (non-hydrogen) atoms. The van der Waals surface area contributed by atoms with Gasteiger partial charge in [-0.3, -0.25) is 0 Å². The number of ether oxygens (including phenoxy) is 1. The van der Waals surface area contributed by atoms with Gasteiger partial charge in [-0.15, -0.1) is 0 Å². The van der Waals surface area contributed by atoms with Crippen molar-refractivity contribution in [3.05, 3.63) is 28.5 Å². The monoisotopic (exact) mass is 327 g/mol. The van der Waals surface area contributed by atoms with Crippen molar-refractivity contribution in [3.8, 4) is 0 Å². The van der Waals surface area contributed by atoms with Crippen molar-refractivity contribution in [2.75, 3.05) is 11.9 Å². The molecule has 104 valence electrons. The molecule has 1 spiro atoms. The predicted molar refractivity (Wildman–Crippen MR) is 77.9 cm³/mol. The fraction of sp³-hybridized carbons (Fsp3) is 0.600. The van der Waals surface area contributed by atoms with E-state index >= 15 is 0 Å². The van der Waals surface area contributed by atoms with Gasteiger partial charge in [0, 0.05) is 17.1 Å². The van der Waals surface area contributed by atoms with Crippen LogP contribution in [0, 0.1) is 5.82 Å². The Morgan fingerprint density at radius 2 is 2.11 bits per heavy atom. The van der Waals surface area contributed by atoms with Crippen LogP contribution in [-0.2, 0) is 4.74 Å². The zero-order chi connectivity index (χ0) is 13.3. The molecule has 1 unspecified atom stereocenters. The molecule has 4 heteroatoms. The number of anilines is 1. The molecule has 0 amide bonds. The van der Waals surface area contributed by atoms with Gasteiger partial charge in [-0.1, -0.05) is 18.9 Å². The Balaban J connectivity index is 1.73. The molecule has 0 bridgehead atoms. The molecule has 1 atom stereocenters. The lowest BCUT2D eigenvalue weighted by Crippen LogP contribution is -2.42. The van der Waals surface area contributed by atoms with Crippen LogP contribution in [-0.4, -0.2) is 18.2 Å². The number of para-hydroxylation sites is 1. The van der Waals surface area contributed by atoms with E-state index < -0.39 is 0 Å². The Labute approximate surface area is 121 Å². The van der Waals surface area contributed by atoms with Crippen LogP contribution in [0.5, 0.6) is 0 Å². The summed E-state index contributed by atoms with van der Waals surface area (Å²) in [6.07, 6.45) is 6.77. The first-order valence-electron chi connectivity index (χ1n) is 7.03. The molecule has 1 aliphatic heterocycles. The van der Waals surface area contributed by atoms with Crippen LogP contribution in [0.15, 0.2) is 22.7 Å². The molecule has 2 aliphatic rings. The van der Waals surface area contributed by atoms with Crippen molar-refractivity contribution < 1.29 is 9.13 Å². The van der Waals surface area contributed by atoms with Crippen LogP contribution in [0.3, 0.4) is 0 Å². The van der Waals surface area contributed by atoms with Gasteiger partial charge in [-0.25, -0.2) is 4.39 Å². The summed E-state index contributed by atoms with van der Waals surface area (Å²) in [5.41, 5.74) is 0.649. The Bertz CT molecular complexity index is 439. The van der Waals surface area contributed by atoms with Crippen molar-refractivity contribution in [1.82, 2.24) is 0 Å². The van der Waals surface area contributed by atoms with E-state index in [1.165, 1.54) is 18.9 Å². The number of nitrogens with one attached hydrogen (secondary N) is 1. The van der Waals surface area contributed by atoms with Crippen LogP contribution in [0.1, 0.15) is 38.5 Å². The third kappa shape index (κ3) is 2.79. The molecular weight excluding hydrogens is 309 g/mol. The fourth-order valence-corrected chi connectivity index (χ4v) is 3.82. The summed E-state index contributed by atoms with van der Waals surface area (Å²) < 4.78 is 20.7. The van der Waals surface area contributed by atoms with E-state index in [0.717, 1.165) is 36.8 Å². The number of rotatable bonds is 2. The molecule has 1 aromatic rings. The van der Waals surface area contributed by atoms with Gasteiger partial charge >= 0.3 is 0 Å². The SMILES string of the molecule is Fc1cccc(Br)c1NC1CCOC2(CCCC2)C1. The molecule has 0 aromatic heterocycles. The first-order chi connectivity index (χ1) is 9.19. The van der Waals surface area contributed by atoms with E-state index in [4.69, 9.17) is 4.74 Å². The van der Waals surface area contributed by atoms with Crippen molar-refractivity contribution in [1.29, 1.82) is 0 Å². The fourth-order valence-electron chi connectivity index (χ4n) is 3.36. The zero-order valence-electron chi connectivity index (χ0n) is 10.9. The summed E-state index contributed by atoms with van der Waals surface area (Å²) in [5, 5.41) is 3.37. The highest BCUT2D eigenvalue weighted by Crippen LogP contribution is 2.41. The lowest BCUT2D eigenvalue weighted by molar-refractivity contribution is -0.0767. The molecule has 3 rings (SSSR count). The van der Waals surface area contributed by atoms with Crippen LogP contribution in [0.2, 0.25) is 0 Å². The van der Waals surface area contributed by atoms with Crippen molar-refractivity contribution >= 4 is 21.6 Å². The topological polar surface area (TPSA) is 21.3 Å². The Hall–Kier alpha value is -0.610. The molecule has 2 nitrogen and oxygen atoms in total. The van der Waals surface area contributed by atoms with E-state index in [0.29, 0.717) is 11.7 Å². The second kappa shape index (κ2) is 5.41. The van der Waals surface area contributed by atoms with E-state index in [-0.39, 0.29) is 11.4 Å². The molecule has 0 radical (unpaired) electrons. The Morgan fingerprint density at radius 3 is 2.84 bits per heavy atom. The number of hydrogen-bond acceptors (Lipinski definition) is 2. The minimum atomic E-state index is -0.193. The minimum absolute atomic E-state index is 0.0631. The normalized spacial score (nSPS) is 25.7. The second-order valence-electron chi connectivity index (χ2n) is 5.67. The molecular formula is C15H19BrFNO. The maximum Gasteiger partial charge on any atom is 0.147 e. The summed E-state index contributed by atoms with van der Waals surface area (Å²) in [5.74, 6) is -0.193. The van der Waals surface area contributed by atoms with Gasteiger partial charge < -0.3 is 10.1 Å². The van der Waals surface area contributed by atoms with Gasteiger partial charge in [-0.2, -0.15) is 0 Å². The third-order valence-electron chi connectivity index (χ3n) is 4.32. The van der Waals surface area contributed by atoms with Crippen LogP contribution < -0.4 is 5.32 Å². The highest BCUT2D eigenvalue weighted by molar-refractivity contribution is 9.10. The number of hydrogen-bond donors (Lipinski definition) is 1. The van der Waals surface area contributed by atoms with Crippen LogP contribution in [0.4, 0.5) is 10.1 Å². The average molecular weight is 328 g/mol. The van der Waals surface area contributed by atoms with Gasteiger partial charge in [0.1, 0.15) is 5.82 Å². The van der Waals surface area contributed by atoms with Gasteiger partial charge in [-0.05, 0) is 53.7 Å². The van der Waals surface area contributed by atoms with Crippen LogP contribution >= 0.6 is 15.9 Å². The smallest absolute Gasteiger partial charge is 0.147 e. The molecule has 1 saturated carbocycles. The van der Waals surface area contributed by atoms with Crippen molar-refractivity contribution in [2.24, 2.45) is 0 Å². The lowest BCUT2D eigenvalue weighted by atomic mass is 9.89. The standard InChI is InChI=1S/C15H19BrFNO/c16-12-4-3-5-13(17)14(12)18-11-6-9-19-15(10-11)7-1-2-8-15/h3-5,11,18H,1-2,6-10H2. The van der Waals surface area contributed by atoms with E-state index in [2.05, 4.69) is 21.2 Å². The quantitative estimate of drug-likeness (QED) is 0.863. The average Bonchev–Trinajstić information content (AvgIpc) is 2.82. The molecule has 1 N–H and O–H groups in total. The molecule has 2 fully saturated rings. The molecule has 1 heterocycles. The van der Waals surface area contributed by atoms with Gasteiger partial charge in [0.15, 0.2) is 0 Å². The molecule has 1 aromatic carbocycles. The van der Waals surface area contributed by atoms with Gasteiger partial charge in [0.2, 0.25) is 0 Å². The Morgan fingerprint density at radius 1 is 1.32 bits per heavy atom. The Kier molecular flexibility index (Phi) is 3.81. The third-order valence-corrected chi connectivity index (χ3v) is 4.98. The van der Waals surface area contributed by atoms with E-state index in [1.54, 1.807) is 6.07 Å². The maximum atomic E-state index is 13.9. The highest BCUT2D eigenvalue weighted by atomic mass is 79.9. The van der Waals surface area contributed by atoms with Crippen molar-refractivity contribution in [3.63, 3.8) is 0 Å². The number of halogens is 2. The molecule has 1 aliphatic carbocycles. The molecule has 1 saturated heterocycles. The summed E-state index contributed by atoms with van der Waals surface area (Å²) in [7, 11) is 0. The number of benzene rings is 1.